The molecule has 38 heavy (non-hydrogen) atoms. The van der Waals surface area contributed by atoms with Gasteiger partial charge in [-0.05, 0) is 66.7 Å². The predicted octanol–water partition coefficient (Wildman–Crippen LogP) is 8.71. The van der Waals surface area contributed by atoms with Crippen LogP contribution < -0.4 is 4.18 Å². The van der Waals surface area contributed by atoms with Crippen LogP contribution in [0.25, 0.3) is 54.6 Å². The van der Waals surface area contributed by atoms with Gasteiger partial charge in [-0.2, -0.15) is 21.6 Å². The summed E-state index contributed by atoms with van der Waals surface area (Å²) in [5.41, 5.74) is -1.72. The zero-order chi connectivity index (χ0) is 26.5. The molecule has 0 aliphatic rings. The third-order valence-corrected chi connectivity index (χ3v) is 7.59. The number of hydrogen-bond acceptors (Lipinski definition) is 3. The van der Waals surface area contributed by atoms with E-state index in [2.05, 4.69) is 28.4 Å². The van der Waals surface area contributed by atoms with E-state index in [9.17, 15) is 21.6 Å². The van der Waals surface area contributed by atoms with E-state index in [1.54, 1.807) is 6.07 Å². The fourth-order valence-corrected chi connectivity index (χ4v) is 5.48. The van der Waals surface area contributed by atoms with Gasteiger partial charge in [-0.1, -0.05) is 103 Å². The maximum atomic E-state index is 13.0. The predicted molar refractivity (Wildman–Crippen MR) is 145 cm³/mol. The normalized spacial score (nSPS) is 12.3. The van der Waals surface area contributed by atoms with E-state index in [1.165, 1.54) is 12.1 Å². The summed E-state index contributed by atoms with van der Waals surface area (Å²) in [6.07, 6.45) is 0. The monoisotopic (exact) mass is 528 g/mol. The molecule has 0 unspecified atom stereocenters. The lowest BCUT2D eigenvalue weighted by atomic mass is 9.85. The molecule has 0 amide bonds. The number of halogens is 3. The molecule has 0 aliphatic carbocycles. The Labute approximate surface area is 216 Å². The average Bonchev–Trinajstić information content (AvgIpc) is 2.91. The minimum atomic E-state index is -5.80. The first-order valence-electron chi connectivity index (χ1n) is 11.8. The zero-order valence-corrected chi connectivity index (χ0v) is 20.6. The van der Waals surface area contributed by atoms with Crippen molar-refractivity contribution in [1.29, 1.82) is 0 Å². The van der Waals surface area contributed by atoms with Gasteiger partial charge in [0.1, 0.15) is 5.75 Å². The second-order valence-corrected chi connectivity index (χ2v) is 10.4. The Bertz CT molecular complexity index is 1890. The zero-order valence-electron chi connectivity index (χ0n) is 19.7. The molecule has 188 valence electrons. The average molecular weight is 529 g/mol. The van der Waals surface area contributed by atoms with Crippen molar-refractivity contribution < 1.29 is 25.8 Å². The molecular formula is C31H19F3O3S. The van der Waals surface area contributed by atoms with Crippen molar-refractivity contribution in [2.45, 2.75) is 5.51 Å². The maximum absolute atomic E-state index is 13.0. The molecular weight excluding hydrogens is 509 g/mol. The minimum absolute atomic E-state index is 0.406. The molecule has 0 saturated carbocycles. The lowest BCUT2D eigenvalue weighted by Crippen LogP contribution is -2.28. The molecule has 0 aliphatic heterocycles. The maximum Gasteiger partial charge on any atom is 0.534 e. The van der Waals surface area contributed by atoms with Crippen molar-refractivity contribution in [3.8, 4) is 28.0 Å². The molecule has 0 heterocycles. The van der Waals surface area contributed by atoms with E-state index >= 15 is 0 Å². The van der Waals surface area contributed by atoms with E-state index in [4.69, 9.17) is 0 Å². The Morgan fingerprint density at radius 1 is 0.553 bits per heavy atom. The summed E-state index contributed by atoms with van der Waals surface area (Å²) in [6.45, 7) is 0. The first kappa shape index (κ1) is 24.0. The van der Waals surface area contributed by atoms with E-state index in [0.29, 0.717) is 5.39 Å². The molecule has 0 radical (unpaired) electrons. The summed E-state index contributed by atoms with van der Waals surface area (Å²) >= 11 is 0. The molecule has 6 rings (SSSR count). The van der Waals surface area contributed by atoms with Gasteiger partial charge in [-0.25, -0.2) is 0 Å². The van der Waals surface area contributed by atoms with Gasteiger partial charge in [-0.3, -0.25) is 0 Å². The van der Waals surface area contributed by atoms with Gasteiger partial charge in [0, 0.05) is 0 Å². The summed E-state index contributed by atoms with van der Waals surface area (Å²) in [5, 5.41) is 5.29. The Kier molecular flexibility index (Phi) is 5.61. The van der Waals surface area contributed by atoms with E-state index in [-0.39, 0.29) is 0 Å². The highest BCUT2D eigenvalue weighted by Gasteiger charge is 2.48. The van der Waals surface area contributed by atoms with Crippen LogP contribution in [-0.4, -0.2) is 13.9 Å². The van der Waals surface area contributed by atoms with Crippen LogP contribution in [0.15, 0.2) is 115 Å². The molecule has 0 spiro atoms. The summed E-state index contributed by atoms with van der Waals surface area (Å²) in [7, 11) is -5.80. The van der Waals surface area contributed by atoms with Crippen LogP contribution in [0.1, 0.15) is 0 Å². The third-order valence-electron chi connectivity index (χ3n) is 6.61. The number of hydrogen-bond donors (Lipinski definition) is 0. The van der Waals surface area contributed by atoms with Gasteiger partial charge < -0.3 is 4.18 Å². The number of benzene rings is 6. The van der Waals surface area contributed by atoms with Crippen molar-refractivity contribution in [3.05, 3.63) is 115 Å². The summed E-state index contributed by atoms with van der Waals surface area (Å²) < 4.78 is 66.8. The molecule has 7 heteroatoms. The van der Waals surface area contributed by atoms with Crippen LogP contribution >= 0.6 is 0 Å². The second-order valence-electron chi connectivity index (χ2n) is 8.88. The van der Waals surface area contributed by atoms with E-state index in [0.717, 1.165) is 49.2 Å². The standard InChI is InChI=1S/C31H19F3O3S/c32-31(33,34)38(35,36)37-22-18-17-20-11-8-16-27(28(20)19-22)30-25-14-6-4-12-23(25)29(21-9-2-1-3-10-21)24-13-5-7-15-26(24)30/h1-19H. The lowest BCUT2D eigenvalue weighted by Gasteiger charge is -2.19. The fourth-order valence-electron chi connectivity index (χ4n) is 5.03. The van der Waals surface area contributed by atoms with Crippen LogP contribution in [0.4, 0.5) is 13.2 Å². The van der Waals surface area contributed by atoms with Crippen LogP contribution in [0.5, 0.6) is 5.75 Å². The highest BCUT2D eigenvalue weighted by molar-refractivity contribution is 7.88. The van der Waals surface area contributed by atoms with Crippen LogP contribution in [0.2, 0.25) is 0 Å². The Hall–Kier alpha value is -4.36. The number of fused-ring (bicyclic) bond motifs is 3. The highest BCUT2D eigenvalue weighted by atomic mass is 32.2. The molecule has 6 aromatic rings. The van der Waals surface area contributed by atoms with Gasteiger partial charge in [-0.15, -0.1) is 0 Å². The van der Waals surface area contributed by atoms with Crippen molar-refractivity contribution in [1.82, 2.24) is 0 Å². The van der Waals surface area contributed by atoms with Crippen molar-refractivity contribution >= 4 is 42.4 Å². The molecule has 6 aromatic carbocycles. The van der Waals surface area contributed by atoms with Gasteiger partial charge >= 0.3 is 15.6 Å². The quantitative estimate of drug-likeness (QED) is 0.131. The minimum Gasteiger partial charge on any atom is -0.376 e. The first-order chi connectivity index (χ1) is 18.2. The Morgan fingerprint density at radius 2 is 1.11 bits per heavy atom. The van der Waals surface area contributed by atoms with Gasteiger partial charge in [0.05, 0.1) is 0 Å². The Morgan fingerprint density at radius 3 is 1.68 bits per heavy atom. The second kappa shape index (κ2) is 8.89. The summed E-state index contributed by atoms with van der Waals surface area (Å²) in [4.78, 5) is 0. The van der Waals surface area contributed by atoms with Crippen molar-refractivity contribution in [2.24, 2.45) is 0 Å². The molecule has 0 saturated heterocycles. The van der Waals surface area contributed by atoms with E-state index in [1.807, 2.05) is 72.8 Å². The van der Waals surface area contributed by atoms with E-state index < -0.39 is 21.4 Å². The molecule has 0 bridgehead atoms. The van der Waals surface area contributed by atoms with Gasteiger partial charge in [0.2, 0.25) is 0 Å². The van der Waals surface area contributed by atoms with Crippen molar-refractivity contribution in [3.63, 3.8) is 0 Å². The lowest BCUT2D eigenvalue weighted by molar-refractivity contribution is -0.0500. The highest BCUT2D eigenvalue weighted by Crippen LogP contribution is 2.45. The fraction of sp³-hybridized carbons (Fsp3) is 0.0323. The summed E-state index contributed by atoms with van der Waals surface area (Å²) in [6, 6.07) is 35.8. The first-order valence-corrected chi connectivity index (χ1v) is 13.2. The van der Waals surface area contributed by atoms with Crippen LogP contribution in [0.3, 0.4) is 0 Å². The molecule has 0 atom stereocenters. The third kappa shape index (κ3) is 3.96. The topological polar surface area (TPSA) is 43.4 Å². The molecule has 0 fully saturated rings. The van der Waals surface area contributed by atoms with Crippen molar-refractivity contribution in [2.75, 3.05) is 0 Å². The molecule has 3 nitrogen and oxygen atoms in total. The van der Waals surface area contributed by atoms with Gasteiger partial charge in [0.15, 0.2) is 0 Å². The van der Waals surface area contributed by atoms with Crippen LogP contribution in [0, 0.1) is 0 Å². The molecule has 0 aromatic heterocycles. The number of rotatable bonds is 4. The smallest absolute Gasteiger partial charge is 0.376 e. The van der Waals surface area contributed by atoms with Crippen LogP contribution in [-0.2, 0) is 10.1 Å². The summed E-state index contributed by atoms with van der Waals surface area (Å²) in [5.74, 6) is -0.406. The van der Waals surface area contributed by atoms with Gasteiger partial charge in [0.25, 0.3) is 0 Å². The largest absolute Gasteiger partial charge is 0.534 e. The Balaban J connectivity index is 1.68. The SMILES string of the molecule is O=S(=O)(Oc1ccc2cccc(-c3c4ccccc4c(-c4ccccc4)c4ccccc34)c2c1)C(F)(F)F. The number of alkyl halides is 3. The molecule has 0 N–H and O–H groups in total.